The molecule has 148 valence electrons. The van der Waals surface area contributed by atoms with E-state index in [1.54, 1.807) is 42.7 Å². The summed E-state index contributed by atoms with van der Waals surface area (Å²) < 4.78 is 44.3. The molecular weight excluding hydrogens is 369 g/mol. The normalized spacial score (nSPS) is 17.7. The largest absolute Gasteiger partial charge is 0.489 e. The number of hydrogen-bond donors (Lipinski definition) is 0. The number of carbonyl (C=O) groups excluding carboxylic acids is 1. The number of aromatic nitrogens is 1. The average molecular weight is 390 g/mol. The van der Waals surface area contributed by atoms with Crippen LogP contribution in [0.4, 0.5) is 13.2 Å². The molecule has 1 saturated heterocycles. The van der Waals surface area contributed by atoms with Crippen LogP contribution in [0, 0.1) is 5.92 Å². The summed E-state index contributed by atoms with van der Waals surface area (Å²) >= 11 is 0. The van der Waals surface area contributed by atoms with Crippen LogP contribution in [0.5, 0.6) is 5.75 Å². The van der Waals surface area contributed by atoms with Crippen molar-refractivity contribution in [3.63, 3.8) is 0 Å². The Bertz CT molecular complexity index is 805. The summed E-state index contributed by atoms with van der Waals surface area (Å²) in [4.78, 5) is 17.5. The van der Waals surface area contributed by atoms with Crippen molar-refractivity contribution in [1.82, 2.24) is 9.88 Å². The molecule has 1 fully saturated rings. The number of pyridine rings is 1. The van der Waals surface area contributed by atoms with Crippen molar-refractivity contribution in [2.45, 2.75) is 25.6 Å². The summed E-state index contributed by atoms with van der Waals surface area (Å²) in [5.41, 5.74) is 1.72. The summed E-state index contributed by atoms with van der Waals surface area (Å²) in [7, 11) is 0. The fourth-order valence-corrected chi connectivity index (χ4v) is 3.04. The summed E-state index contributed by atoms with van der Waals surface area (Å²) in [6.45, 7) is 0.488. The van der Waals surface area contributed by atoms with Gasteiger partial charge in [-0.05, 0) is 42.7 Å². The van der Waals surface area contributed by atoms with E-state index < -0.39 is 18.0 Å². The zero-order valence-corrected chi connectivity index (χ0v) is 15.2. The van der Waals surface area contributed by atoms with E-state index in [1.807, 2.05) is 12.1 Å². The van der Waals surface area contributed by atoms with Gasteiger partial charge in [-0.3, -0.25) is 9.78 Å². The lowest BCUT2D eigenvalue weighted by molar-refractivity contribution is -0.187. The minimum Gasteiger partial charge on any atom is -0.489 e. The number of amides is 1. The second kappa shape index (κ2) is 8.91. The average Bonchev–Trinajstić information content (AvgIpc) is 2.71. The van der Waals surface area contributed by atoms with Gasteiger partial charge in [0.25, 0.3) is 0 Å². The molecular formula is C21H21F3N2O2. The number of likely N-dealkylation sites (tertiary alicyclic amines) is 1. The van der Waals surface area contributed by atoms with Crippen LogP contribution < -0.4 is 4.74 Å². The highest BCUT2D eigenvalue weighted by Gasteiger charge is 2.42. The molecule has 1 amide bonds. The fourth-order valence-electron chi connectivity index (χ4n) is 3.04. The number of halogens is 3. The third-order valence-corrected chi connectivity index (χ3v) is 4.62. The molecule has 1 aromatic heterocycles. The number of benzene rings is 1. The Morgan fingerprint density at radius 2 is 2.04 bits per heavy atom. The van der Waals surface area contributed by atoms with Gasteiger partial charge in [-0.1, -0.05) is 18.2 Å². The first-order chi connectivity index (χ1) is 13.4. The Morgan fingerprint density at radius 3 is 2.71 bits per heavy atom. The molecule has 1 atom stereocenters. The predicted molar refractivity (Wildman–Crippen MR) is 99.4 cm³/mol. The lowest BCUT2D eigenvalue weighted by atomic mass is 9.97. The van der Waals surface area contributed by atoms with Gasteiger partial charge in [0, 0.05) is 37.1 Å². The Kier molecular flexibility index (Phi) is 6.34. The molecule has 3 rings (SSSR count). The molecule has 0 spiro atoms. The quantitative estimate of drug-likeness (QED) is 0.708. The van der Waals surface area contributed by atoms with E-state index in [0.717, 1.165) is 11.1 Å². The molecule has 1 aromatic carbocycles. The number of hydrogen-bond acceptors (Lipinski definition) is 3. The maximum absolute atomic E-state index is 12.9. The Balaban J connectivity index is 1.53. The first-order valence-corrected chi connectivity index (χ1v) is 9.07. The smallest absolute Gasteiger partial charge is 0.393 e. The van der Waals surface area contributed by atoms with Crippen LogP contribution >= 0.6 is 0 Å². The topological polar surface area (TPSA) is 42.4 Å². The van der Waals surface area contributed by atoms with E-state index in [0.29, 0.717) is 25.3 Å². The lowest BCUT2D eigenvalue weighted by Crippen LogP contribution is -2.44. The van der Waals surface area contributed by atoms with Gasteiger partial charge in [0.15, 0.2) is 0 Å². The minimum atomic E-state index is -4.26. The SMILES string of the molecule is O=C(/C=C/c1ccc(OCc2cccnc2)cc1)N1CCC[C@H](C(F)(F)F)C1. The zero-order chi connectivity index (χ0) is 20.0. The van der Waals surface area contributed by atoms with Crippen LogP contribution in [0.15, 0.2) is 54.9 Å². The minimum absolute atomic E-state index is 0.0809. The number of carbonyl (C=O) groups is 1. The Morgan fingerprint density at radius 1 is 1.25 bits per heavy atom. The van der Waals surface area contributed by atoms with Gasteiger partial charge < -0.3 is 9.64 Å². The third-order valence-electron chi connectivity index (χ3n) is 4.62. The van der Waals surface area contributed by atoms with Crippen molar-refractivity contribution >= 4 is 12.0 Å². The van der Waals surface area contributed by atoms with Crippen LogP contribution in [-0.4, -0.2) is 35.1 Å². The number of piperidine rings is 1. The van der Waals surface area contributed by atoms with E-state index in [1.165, 1.54) is 11.0 Å². The number of rotatable bonds is 5. The van der Waals surface area contributed by atoms with Crippen LogP contribution in [0.25, 0.3) is 6.08 Å². The third kappa shape index (κ3) is 5.58. The Hall–Kier alpha value is -2.83. The van der Waals surface area contributed by atoms with Crippen molar-refractivity contribution in [3.8, 4) is 5.75 Å². The maximum atomic E-state index is 12.9. The molecule has 4 nitrogen and oxygen atoms in total. The van der Waals surface area contributed by atoms with Gasteiger partial charge in [0.05, 0.1) is 5.92 Å². The van der Waals surface area contributed by atoms with Gasteiger partial charge in [-0.25, -0.2) is 0 Å². The maximum Gasteiger partial charge on any atom is 0.393 e. The zero-order valence-electron chi connectivity index (χ0n) is 15.2. The van der Waals surface area contributed by atoms with Gasteiger partial charge in [0.2, 0.25) is 5.91 Å². The molecule has 1 aliphatic rings. The number of ether oxygens (including phenoxy) is 1. The first-order valence-electron chi connectivity index (χ1n) is 9.07. The van der Waals surface area contributed by atoms with Crippen LogP contribution in [-0.2, 0) is 11.4 Å². The highest BCUT2D eigenvalue weighted by Crippen LogP contribution is 2.33. The molecule has 0 N–H and O–H groups in total. The summed E-state index contributed by atoms with van der Waals surface area (Å²) in [5.74, 6) is -1.16. The monoisotopic (exact) mass is 390 g/mol. The second-order valence-corrected chi connectivity index (χ2v) is 6.72. The second-order valence-electron chi connectivity index (χ2n) is 6.72. The van der Waals surface area contributed by atoms with Crippen molar-refractivity contribution in [3.05, 3.63) is 66.0 Å². The highest BCUT2D eigenvalue weighted by atomic mass is 19.4. The van der Waals surface area contributed by atoms with Crippen molar-refractivity contribution in [2.75, 3.05) is 13.1 Å². The standard InChI is InChI=1S/C21H21F3N2O2/c22-21(23,24)18-4-2-12-26(14-18)20(27)10-7-16-5-8-19(9-6-16)28-15-17-3-1-11-25-13-17/h1,3,5-11,13,18H,2,4,12,14-15H2/b10-7+/t18-/m0/s1. The molecule has 1 aliphatic heterocycles. The van der Waals surface area contributed by atoms with Gasteiger partial charge >= 0.3 is 6.18 Å². The summed E-state index contributed by atoms with van der Waals surface area (Å²) in [6, 6.07) is 10.9. The molecule has 2 heterocycles. The van der Waals surface area contributed by atoms with Crippen LogP contribution in [0.2, 0.25) is 0 Å². The van der Waals surface area contributed by atoms with Gasteiger partial charge in [-0.2, -0.15) is 13.2 Å². The van der Waals surface area contributed by atoms with Gasteiger partial charge in [-0.15, -0.1) is 0 Å². The molecule has 7 heteroatoms. The lowest BCUT2D eigenvalue weighted by Gasteiger charge is -2.33. The fraction of sp³-hybridized carbons (Fsp3) is 0.333. The van der Waals surface area contributed by atoms with Gasteiger partial charge in [0.1, 0.15) is 12.4 Å². The summed E-state index contributed by atoms with van der Waals surface area (Å²) in [6.07, 6.45) is 2.54. The van der Waals surface area contributed by atoms with E-state index in [2.05, 4.69) is 4.98 Å². The van der Waals surface area contributed by atoms with Crippen molar-refractivity contribution in [1.29, 1.82) is 0 Å². The molecule has 0 aliphatic carbocycles. The Labute approximate surface area is 161 Å². The predicted octanol–water partition coefficient (Wildman–Crippen LogP) is 4.47. The van der Waals surface area contributed by atoms with Crippen LogP contribution in [0.1, 0.15) is 24.0 Å². The molecule has 0 bridgehead atoms. The van der Waals surface area contributed by atoms with E-state index in [-0.39, 0.29) is 13.0 Å². The van der Waals surface area contributed by atoms with Crippen LogP contribution in [0.3, 0.4) is 0 Å². The number of nitrogens with zero attached hydrogens (tertiary/aromatic N) is 2. The summed E-state index contributed by atoms with van der Waals surface area (Å²) in [5, 5.41) is 0. The molecule has 0 unspecified atom stereocenters. The number of alkyl halides is 3. The van der Waals surface area contributed by atoms with E-state index in [9.17, 15) is 18.0 Å². The first kappa shape index (κ1) is 19.9. The van der Waals surface area contributed by atoms with Crippen molar-refractivity contribution in [2.24, 2.45) is 5.92 Å². The van der Waals surface area contributed by atoms with E-state index in [4.69, 9.17) is 4.74 Å². The molecule has 2 aromatic rings. The molecule has 0 radical (unpaired) electrons. The highest BCUT2D eigenvalue weighted by molar-refractivity contribution is 5.91. The van der Waals surface area contributed by atoms with Crippen molar-refractivity contribution < 1.29 is 22.7 Å². The molecule has 0 saturated carbocycles. The van der Waals surface area contributed by atoms with E-state index >= 15 is 0 Å². The molecule has 28 heavy (non-hydrogen) atoms.